The molecular weight excluding hydrogens is 340 g/mol. The van der Waals surface area contributed by atoms with Gasteiger partial charge in [0.1, 0.15) is 10.7 Å². The topological polar surface area (TPSA) is 63.2 Å². The van der Waals surface area contributed by atoms with Crippen LogP contribution in [-0.2, 0) is 9.05 Å². The Bertz CT molecular complexity index is 674. The molecule has 1 saturated carbocycles. The molecule has 0 saturated heterocycles. The fourth-order valence-corrected chi connectivity index (χ4v) is 3.21. The lowest BCUT2D eigenvalue weighted by Crippen LogP contribution is -2.29. The Hall–Kier alpha value is -0.850. The van der Waals surface area contributed by atoms with E-state index in [0.29, 0.717) is 18.4 Å². The monoisotopic (exact) mass is 353 g/mol. The predicted octanol–water partition coefficient (Wildman–Crippen LogP) is 3.18. The summed E-state index contributed by atoms with van der Waals surface area (Å²) in [5.74, 6) is -0.677. The maximum absolute atomic E-state index is 13.5. The summed E-state index contributed by atoms with van der Waals surface area (Å²) in [4.78, 5) is 11.3. The molecular formula is C13H14Cl2FNO3S. The van der Waals surface area contributed by atoms with Crippen LogP contribution in [0.2, 0.25) is 5.02 Å². The first-order valence-corrected chi connectivity index (χ1v) is 9.10. The van der Waals surface area contributed by atoms with Crippen molar-refractivity contribution >= 4 is 37.2 Å². The van der Waals surface area contributed by atoms with E-state index < -0.39 is 25.7 Å². The number of carbonyl (C=O) groups is 1. The second-order valence-corrected chi connectivity index (χ2v) is 8.17. The number of hydrogen-bond acceptors (Lipinski definition) is 3. The number of benzene rings is 1. The Kier molecular flexibility index (Phi) is 4.80. The van der Waals surface area contributed by atoms with E-state index >= 15 is 0 Å². The number of nitrogens with one attached hydrogen (secondary N) is 1. The SMILES string of the molecule is CC(CNC(=O)c1cc(S(=O)(=O)Cl)c(F)cc1Cl)C1CC1. The van der Waals surface area contributed by atoms with Gasteiger partial charge in [0, 0.05) is 17.2 Å². The van der Waals surface area contributed by atoms with Gasteiger partial charge in [-0.15, -0.1) is 0 Å². The molecule has 1 aromatic carbocycles. The quantitative estimate of drug-likeness (QED) is 0.826. The van der Waals surface area contributed by atoms with Crippen molar-refractivity contribution in [1.29, 1.82) is 0 Å². The standard InChI is InChI=1S/C13H14Cl2FNO3S/c1-7(8-2-3-8)6-17-13(18)9-4-12(21(15,19)20)11(16)5-10(9)14/h4-5,7-8H,2-3,6H2,1H3,(H,17,18). The van der Waals surface area contributed by atoms with Gasteiger partial charge in [-0.05, 0) is 36.8 Å². The largest absolute Gasteiger partial charge is 0.352 e. The van der Waals surface area contributed by atoms with E-state index in [-0.39, 0.29) is 10.6 Å². The molecule has 1 aromatic rings. The van der Waals surface area contributed by atoms with E-state index in [1.807, 2.05) is 6.92 Å². The minimum atomic E-state index is -4.28. The molecule has 1 aliphatic rings. The average Bonchev–Trinajstić information content (AvgIpc) is 3.18. The highest BCUT2D eigenvalue weighted by Crippen LogP contribution is 2.36. The van der Waals surface area contributed by atoms with Crippen LogP contribution >= 0.6 is 22.3 Å². The van der Waals surface area contributed by atoms with Gasteiger partial charge in [-0.3, -0.25) is 4.79 Å². The summed E-state index contributed by atoms with van der Waals surface area (Å²) in [5.41, 5.74) is -0.111. The van der Waals surface area contributed by atoms with Crippen molar-refractivity contribution in [1.82, 2.24) is 5.32 Å². The van der Waals surface area contributed by atoms with Crippen LogP contribution in [0.25, 0.3) is 0 Å². The molecule has 4 nitrogen and oxygen atoms in total. The molecule has 1 N–H and O–H groups in total. The third kappa shape index (κ3) is 4.08. The molecule has 0 spiro atoms. The summed E-state index contributed by atoms with van der Waals surface area (Å²) in [7, 11) is 0.845. The summed E-state index contributed by atoms with van der Waals surface area (Å²) in [6.07, 6.45) is 2.31. The van der Waals surface area contributed by atoms with Crippen LogP contribution in [-0.4, -0.2) is 20.9 Å². The molecule has 21 heavy (non-hydrogen) atoms. The second-order valence-electron chi connectivity index (χ2n) is 5.23. The highest BCUT2D eigenvalue weighted by Gasteiger charge is 2.28. The molecule has 0 aromatic heterocycles. The van der Waals surface area contributed by atoms with Crippen LogP contribution in [0, 0.1) is 17.7 Å². The smallest absolute Gasteiger partial charge is 0.264 e. The van der Waals surface area contributed by atoms with Crippen LogP contribution in [0.5, 0.6) is 0 Å². The van der Waals surface area contributed by atoms with Crippen LogP contribution < -0.4 is 5.32 Å². The zero-order chi connectivity index (χ0) is 15.8. The lowest BCUT2D eigenvalue weighted by Gasteiger charge is -2.12. The number of carbonyl (C=O) groups excluding carboxylic acids is 1. The van der Waals surface area contributed by atoms with Crippen molar-refractivity contribution in [3.05, 3.63) is 28.5 Å². The normalized spacial score (nSPS) is 16.6. The van der Waals surface area contributed by atoms with E-state index in [9.17, 15) is 17.6 Å². The number of amides is 1. The Morgan fingerprint density at radius 1 is 1.48 bits per heavy atom. The molecule has 1 amide bonds. The predicted molar refractivity (Wildman–Crippen MR) is 78.7 cm³/mol. The minimum absolute atomic E-state index is 0.111. The molecule has 0 heterocycles. The number of halogens is 3. The first kappa shape index (κ1) is 16.5. The third-order valence-corrected chi connectivity index (χ3v) is 5.19. The van der Waals surface area contributed by atoms with Crippen molar-refractivity contribution in [2.75, 3.05) is 6.54 Å². The van der Waals surface area contributed by atoms with Crippen LogP contribution in [0.4, 0.5) is 4.39 Å². The van der Waals surface area contributed by atoms with Crippen molar-refractivity contribution in [3.63, 3.8) is 0 Å². The molecule has 1 fully saturated rings. The average molecular weight is 354 g/mol. The second kappa shape index (κ2) is 6.10. The highest BCUT2D eigenvalue weighted by molar-refractivity contribution is 8.13. The summed E-state index contributed by atoms with van der Waals surface area (Å²) < 4.78 is 36.0. The molecule has 1 unspecified atom stereocenters. The lowest BCUT2D eigenvalue weighted by molar-refractivity contribution is 0.0946. The van der Waals surface area contributed by atoms with Gasteiger partial charge in [-0.25, -0.2) is 12.8 Å². The van der Waals surface area contributed by atoms with Crippen LogP contribution in [0.3, 0.4) is 0 Å². The molecule has 1 atom stereocenters. The first-order valence-electron chi connectivity index (χ1n) is 6.42. The molecule has 8 heteroatoms. The van der Waals surface area contributed by atoms with Crippen molar-refractivity contribution in [2.45, 2.75) is 24.7 Å². The molecule has 2 rings (SSSR count). The maximum Gasteiger partial charge on any atom is 0.264 e. The molecule has 116 valence electrons. The lowest BCUT2D eigenvalue weighted by atomic mass is 10.1. The van der Waals surface area contributed by atoms with Gasteiger partial charge in [-0.1, -0.05) is 18.5 Å². The molecule has 1 aliphatic carbocycles. The zero-order valence-electron chi connectivity index (χ0n) is 11.2. The molecule has 0 radical (unpaired) electrons. The Morgan fingerprint density at radius 2 is 2.10 bits per heavy atom. The number of hydrogen-bond donors (Lipinski definition) is 1. The van der Waals surface area contributed by atoms with Gasteiger partial charge >= 0.3 is 0 Å². The van der Waals surface area contributed by atoms with Gasteiger partial charge in [0.05, 0.1) is 10.6 Å². The fourth-order valence-electron chi connectivity index (χ4n) is 2.07. The Balaban J connectivity index is 2.19. The van der Waals surface area contributed by atoms with Crippen LogP contribution in [0.15, 0.2) is 17.0 Å². The van der Waals surface area contributed by atoms with E-state index in [1.165, 1.54) is 0 Å². The van der Waals surface area contributed by atoms with Gasteiger partial charge in [0.15, 0.2) is 0 Å². The van der Waals surface area contributed by atoms with E-state index in [1.54, 1.807) is 0 Å². The fraction of sp³-hybridized carbons (Fsp3) is 0.462. The van der Waals surface area contributed by atoms with E-state index in [4.69, 9.17) is 22.3 Å². The minimum Gasteiger partial charge on any atom is -0.352 e. The van der Waals surface area contributed by atoms with Crippen molar-refractivity contribution in [3.8, 4) is 0 Å². The van der Waals surface area contributed by atoms with Crippen molar-refractivity contribution in [2.24, 2.45) is 11.8 Å². The summed E-state index contributed by atoms with van der Waals surface area (Å²) in [6.45, 7) is 2.49. The van der Waals surface area contributed by atoms with Gasteiger partial charge in [0.25, 0.3) is 15.0 Å². The number of rotatable bonds is 5. The van der Waals surface area contributed by atoms with E-state index in [2.05, 4.69) is 5.32 Å². The molecule has 0 aliphatic heterocycles. The maximum atomic E-state index is 13.5. The summed E-state index contributed by atoms with van der Waals surface area (Å²) >= 11 is 5.80. The summed E-state index contributed by atoms with van der Waals surface area (Å²) in [5, 5.41) is 2.52. The summed E-state index contributed by atoms with van der Waals surface area (Å²) in [6, 6.07) is 1.63. The van der Waals surface area contributed by atoms with Gasteiger partial charge < -0.3 is 5.32 Å². The van der Waals surface area contributed by atoms with Crippen molar-refractivity contribution < 1.29 is 17.6 Å². The zero-order valence-corrected chi connectivity index (χ0v) is 13.5. The highest BCUT2D eigenvalue weighted by atomic mass is 35.7. The van der Waals surface area contributed by atoms with Crippen LogP contribution in [0.1, 0.15) is 30.1 Å². The third-order valence-electron chi connectivity index (χ3n) is 3.54. The molecule has 0 bridgehead atoms. The Labute approximate surface area is 132 Å². The Morgan fingerprint density at radius 3 is 2.62 bits per heavy atom. The van der Waals surface area contributed by atoms with Gasteiger partial charge in [0.2, 0.25) is 0 Å². The first-order chi connectivity index (χ1) is 9.70. The van der Waals surface area contributed by atoms with E-state index in [0.717, 1.165) is 25.0 Å². The van der Waals surface area contributed by atoms with Gasteiger partial charge in [-0.2, -0.15) is 0 Å².